The van der Waals surface area contributed by atoms with E-state index in [1.165, 1.54) is 5.56 Å². The van der Waals surface area contributed by atoms with E-state index in [-0.39, 0.29) is 5.75 Å². The van der Waals surface area contributed by atoms with Crippen LogP contribution in [0.25, 0.3) is 0 Å². The Morgan fingerprint density at radius 2 is 1.93 bits per heavy atom. The van der Waals surface area contributed by atoms with Gasteiger partial charge in [-0.2, -0.15) is 21.3 Å². The number of hydrogen-bond donors (Lipinski definition) is 2. The molecule has 2 N–H and O–H groups in total. The van der Waals surface area contributed by atoms with E-state index in [4.69, 9.17) is 9.97 Å². The van der Waals surface area contributed by atoms with Crippen LogP contribution in [0.2, 0.25) is 0 Å². The van der Waals surface area contributed by atoms with E-state index in [9.17, 15) is 5.11 Å². The van der Waals surface area contributed by atoms with Crippen LogP contribution in [0.5, 0.6) is 5.75 Å². The van der Waals surface area contributed by atoms with Crippen molar-refractivity contribution in [2.75, 3.05) is 55.4 Å². The minimum atomic E-state index is 0.221. The van der Waals surface area contributed by atoms with Gasteiger partial charge in [-0.05, 0) is 34.5 Å². The van der Waals surface area contributed by atoms with Gasteiger partial charge in [0.1, 0.15) is 17.4 Å². The molecule has 1 saturated heterocycles. The van der Waals surface area contributed by atoms with E-state index in [0.29, 0.717) is 5.82 Å². The fraction of sp³-hybridized carbons (Fsp3) is 0.333. The van der Waals surface area contributed by atoms with E-state index in [2.05, 4.69) is 31.9 Å². The molecule has 0 spiro atoms. The molecule has 2 aromatic heterocycles. The molecule has 1 fully saturated rings. The first-order valence-corrected chi connectivity index (χ1v) is 10.6. The third-order valence-electron chi connectivity index (χ3n) is 4.92. The molecule has 7 nitrogen and oxygen atoms in total. The van der Waals surface area contributed by atoms with Gasteiger partial charge in [-0.25, -0.2) is 0 Å². The molecular weight excluding hydrogens is 384 g/mol. The molecule has 29 heavy (non-hydrogen) atoms. The zero-order chi connectivity index (χ0) is 20.2. The summed E-state index contributed by atoms with van der Waals surface area (Å²) in [6.07, 6.45) is 0. The van der Waals surface area contributed by atoms with Crippen LogP contribution in [0.15, 0.2) is 47.2 Å². The monoisotopic (exact) mass is 410 g/mol. The number of thiophene rings is 1. The molecule has 0 radical (unpaired) electrons. The largest absolute Gasteiger partial charge is 0.508 e. The van der Waals surface area contributed by atoms with Gasteiger partial charge in [0.15, 0.2) is 0 Å². The number of nitrogens with one attached hydrogen (secondary N) is 1. The van der Waals surface area contributed by atoms with Crippen molar-refractivity contribution < 1.29 is 5.11 Å². The smallest absolute Gasteiger partial charge is 0.229 e. The van der Waals surface area contributed by atoms with Crippen molar-refractivity contribution in [3.63, 3.8) is 0 Å². The zero-order valence-electron chi connectivity index (χ0n) is 16.7. The number of anilines is 4. The normalized spacial score (nSPS) is 14.8. The fourth-order valence-electron chi connectivity index (χ4n) is 3.33. The van der Waals surface area contributed by atoms with E-state index >= 15 is 0 Å². The van der Waals surface area contributed by atoms with Crippen molar-refractivity contribution in [2.45, 2.75) is 6.54 Å². The van der Waals surface area contributed by atoms with Crippen LogP contribution in [0, 0.1) is 0 Å². The van der Waals surface area contributed by atoms with Gasteiger partial charge in [0.05, 0.1) is 0 Å². The highest BCUT2D eigenvalue weighted by Gasteiger charge is 2.20. The second kappa shape index (κ2) is 8.67. The number of benzene rings is 1. The predicted molar refractivity (Wildman–Crippen MR) is 120 cm³/mol. The van der Waals surface area contributed by atoms with Gasteiger partial charge < -0.3 is 20.2 Å². The summed E-state index contributed by atoms with van der Waals surface area (Å²) in [5.74, 6) is 2.51. The molecule has 1 aromatic carbocycles. The molecule has 152 valence electrons. The molecular formula is C21H26N6OS. The summed E-state index contributed by atoms with van der Waals surface area (Å²) in [7, 11) is 3.95. The lowest BCUT2D eigenvalue weighted by molar-refractivity contribution is 0.249. The Kier molecular flexibility index (Phi) is 5.82. The molecule has 3 heterocycles. The molecule has 1 aliphatic rings. The molecule has 0 unspecified atom stereocenters. The molecule has 4 rings (SSSR count). The van der Waals surface area contributed by atoms with Crippen molar-refractivity contribution in [3.05, 3.63) is 52.7 Å². The summed E-state index contributed by atoms with van der Waals surface area (Å²) < 4.78 is 0. The maximum Gasteiger partial charge on any atom is 0.229 e. The van der Waals surface area contributed by atoms with E-state index in [0.717, 1.165) is 50.2 Å². The average molecular weight is 411 g/mol. The third kappa shape index (κ3) is 4.96. The SMILES string of the molecule is CN(C)c1cc(Nc2cccc(O)c2)nc(N2CCN(Cc3ccsc3)CC2)n1. The number of aromatic hydroxyl groups is 1. The maximum absolute atomic E-state index is 9.72. The lowest BCUT2D eigenvalue weighted by atomic mass is 10.2. The summed E-state index contributed by atoms with van der Waals surface area (Å²) >= 11 is 1.75. The molecule has 8 heteroatoms. The first kappa shape index (κ1) is 19.5. The van der Waals surface area contributed by atoms with E-state index < -0.39 is 0 Å². The van der Waals surface area contributed by atoms with Gasteiger partial charge >= 0.3 is 0 Å². The number of phenolic OH excluding ortho intramolecular Hbond substituents is 1. The van der Waals surface area contributed by atoms with Crippen LogP contribution >= 0.6 is 11.3 Å². The summed E-state index contributed by atoms with van der Waals surface area (Å²) in [6.45, 7) is 4.76. The Bertz CT molecular complexity index is 938. The Morgan fingerprint density at radius 3 is 2.62 bits per heavy atom. The van der Waals surface area contributed by atoms with Crippen molar-refractivity contribution in [2.24, 2.45) is 0 Å². The number of nitrogens with zero attached hydrogens (tertiary/aromatic N) is 5. The average Bonchev–Trinajstić information content (AvgIpc) is 3.21. The van der Waals surface area contributed by atoms with Gasteiger partial charge in [-0.1, -0.05) is 6.07 Å². The summed E-state index contributed by atoms with van der Waals surface area (Å²) in [5.41, 5.74) is 2.17. The minimum Gasteiger partial charge on any atom is -0.508 e. The molecule has 0 amide bonds. The lowest BCUT2D eigenvalue weighted by Crippen LogP contribution is -2.46. The van der Waals surface area contributed by atoms with Crippen molar-refractivity contribution >= 4 is 34.6 Å². The fourth-order valence-corrected chi connectivity index (χ4v) is 3.99. The summed E-state index contributed by atoms with van der Waals surface area (Å²) in [6, 6.07) is 11.2. The standard InChI is InChI=1S/C21H26N6OS/c1-25(2)20-13-19(22-17-4-3-5-18(28)12-17)23-21(24-20)27-9-7-26(8-10-27)14-16-6-11-29-15-16/h3-6,11-13,15,28H,7-10,14H2,1-2H3,(H,22,23,24). The molecule has 0 saturated carbocycles. The molecule has 0 bridgehead atoms. The number of rotatable bonds is 6. The molecule has 3 aromatic rings. The molecule has 1 aliphatic heterocycles. The van der Waals surface area contributed by atoms with Gasteiger partial charge in [0, 0.05) is 64.6 Å². The number of piperazine rings is 1. The van der Waals surface area contributed by atoms with Gasteiger partial charge in [-0.3, -0.25) is 4.90 Å². The van der Waals surface area contributed by atoms with Gasteiger partial charge in [0.2, 0.25) is 5.95 Å². The Morgan fingerprint density at radius 1 is 1.10 bits per heavy atom. The predicted octanol–water partition coefficient (Wildman–Crippen LogP) is 3.38. The van der Waals surface area contributed by atoms with Gasteiger partial charge in [0.25, 0.3) is 0 Å². The highest BCUT2D eigenvalue weighted by molar-refractivity contribution is 7.07. The van der Waals surface area contributed by atoms with Crippen LogP contribution in [-0.4, -0.2) is 60.2 Å². The highest BCUT2D eigenvalue weighted by Crippen LogP contribution is 2.25. The van der Waals surface area contributed by atoms with Crippen molar-refractivity contribution in [1.29, 1.82) is 0 Å². The quantitative estimate of drug-likeness (QED) is 0.646. The Hall–Kier alpha value is -2.84. The Labute approximate surface area is 175 Å². The van der Waals surface area contributed by atoms with E-state index in [1.807, 2.05) is 31.1 Å². The summed E-state index contributed by atoms with van der Waals surface area (Å²) in [5, 5.41) is 17.3. The Balaban J connectivity index is 1.48. The van der Waals surface area contributed by atoms with E-state index in [1.54, 1.807) is 29.5 Å². The van der Waals surface area contributed by atoms with Crippen molar-refractivity contribution in [1.82, 2.24) is 14.9 Å². The topological polar surface area (TPSA) is 67.8 Å². The molecule has 0 aliphatic carbocycles. The highest BCUT2D eigenvalue weighted by atomic mass is 32.1. The third-order valence-corrected chi connectivity index (χ3v) is 5.65. The number of phenols is 1. The number of hydrogen-bond acceptors (Lipinski definition) is 8. The van der Waals surface area contributed by atoms with Crippen LogP contribution in [0.4, 0.5) is 23.3 Å². The second-order valence-electron chi connectivity index (χ2n) is 7.38. The van der Waals surface area contributed by atoms with Crippen LogP contribution in [0.3, 0.4) is 0 Å². The zero-order valence-corrected chi connectivity index (χ0v) is 17.6. The summed E-state index contributed by atoms with van der Waals surface area (Å²) in [4.78, 5) is 16.2. The lowest BCUT2D eigenvalue weighted by Gasteiger charge is -2.35. The van der Waals surface area contributed by atoms with Crippen LogP contribution in [-0.2, 0) is 6.54 Å². The second-order valence-corrected chi connectivity index (χ2v) is 8.16. The molecule has 0 atom stereocenters. The minimum absolute atomic E-state index is 0.221. The van der Waals surface area contributed by atoms with Gasteiger partial charge in [-0.15, -0.1) is 0 Å². The van der Waals surface area contributed by atoms with Crippen molar-refractivity contribution in [3.8, 4) is 5.75 Å². The first-order valence-electron chi connectivity index (χ1n) is 9.68. The number of aromatic nitrogens is 2. The van der Waals surface area contributed by atoms with Crippen LogP contribution in [0.1, 0.15) is 5.56 Å². The van der Waals surface area contributed by atoms with Crippen LogP contribution < -0.4 is 15.1 Å². The first-order chi connectivity index (χ1) is 14.1. The maximum atomic E-state index is 9.72.